The molecule has 2 heterocycles. The number of nitrogens with zero attached hydrogens (tertiary/aromatic N) is 3. The summed E-state index contributed by atoms with van der Waals surface area (Å²) in [7, 11) is 1.76. The lowest BCUT2D eigenvalue weighted by Crippen LogP contribution is -2.27. The van der Waals surface area contributed by atoms with Crippen LogP contribution < -0.4 is 5.56 Å². The zero-order chi connectivity index (χ0) is 17.6. The molecular formula is C18H18N4O2S. The highest BCUT2D eigenvalue weighted by Crippen LogP contribution is 2.18. The Morgan fingerprint density at radius 3 is 2.64 bits per heavy atom. The molecule has 0 unspecified atom stereocenters. The van der Waals surface area contributed by atoms with Gasteiger partial charge in [-0.1, -0.05) is 36.4 Å². The highest BCUT2D eigenvalue weighted by Gasteiger charge is 2.13. The van der Waals surface area contributed by atoms with Crippen molar-refractivity contribution in [2.75, 3.05) is 7.05 Å². The molecule has 6 nitrogen and oxygen atoms in total. The second kappa shape index (κ2) is 7.85. The average molecular weight is 354 g/mol. The summed E-state index contributed by atoms with van der Waals surface area (Å²) in [5, 5.41) is 9.95. The molecule has 0 atom stereocenters. The number of amides is 1. The summed E-state index contributed by atoms with van der Waals surface area (Å²) in [4.78, 5) is 29.6. The molecule has 0 aliphatic heterocycles. The first-order valence-electron chi connectivity index (χ1n) is 7.91. The molecule has 0 saturated carbocycles. The van der Waals surface area contributed by atoms with E-state index >= 15 is 0 Å². The van der Waals surface area contributed by atoms with Crippen molar-refractivity contribution in [2.24, 2.45) is 0 Å². The fourth-order valence-corrected chi connectivity index (χ4v) is 3.07. The van der Waals surface area contributed by atoms with Crippen molar-refractivity contribution < 1.29 is 4.79 Å². The van der Waals surface area contributed by atoms with Gasteiger partial charge in [0.05, 0.1) is 4.88 Å². The minimum Gasteiger partial charge on any atom is -0.341 e. The van der Waals surface area contributed by atoms with Gasteiger partial charge in [0.2, 0.25) is 5.91 Å². The number of thiophene rings is 1. The van der Waals surface area contributed by atoms with Gasteiger partial charge in [0.15, 0.2) is 5.82 Å². The topological polar surface area (TPSA) is 79.0 Å². The van der Waals surface area contributed by atoms with Gasteiger partial charge in [-0.15, -0.1) is 21.5 Å². The number of hydrogen-bond donors (Lipinski definition) is 1. The summed E-state index contributed by atoms with van der Waals surface area (Å²) < 4.78 is 0. The van der Waals surface area contributed by atoms with Crippen LogP contribution in [0.4, 0.5) is 0 Å². The summed E-state index contributed by atoms with van der Waals surface area (Å²) in [6.07, 6.45) is 0.491. The third-order valence-electron chi connectivity index (χ3n) is 3.78. The molecule has 1 amide bonds. The van der Waals surface area contributed by atoms with Gasteiger partial charge >= 0.3 is 0 Å². The first kappa shape index (κ1) is 17.0. The molecule has 0 fully saturated rings. The number of nitrogens with one attached hydrogen (secondary N) is 1. The normalized spacial score (nSPS) is 10.6. The molecule has 0 radical (unpaired) electrons. The van der Waals surface area contributed by atoms with E-state index in [9.17, 15) is 9.59 Å². The maximum Gasteiger partial charge on any atom is 0.273 e. The third-order valence-corrected chi connectivity index (χ3v) is 4.66. The van der Waals surface area contributed by atoms with Crippen LogP contribution in [0.3, 0.4) is 0 Å². The predicted molar refractivity (Wildman–Crippen MR) is 97.2 cm³/mol. The van der Waals surface area contributed by atoms with E-state index in [0.29, 0.717) is 12.4 Å². The highest BCUT2D eigenvalue weighted by atomic mass is 32.1. The van der Waals surface area contributed by atoms with Gasteiger partial charge in [-0.25, -0.2) is 0 Å². The molecule has 2 aromatic heterocycles. The Kier molecular flexibility index (Phi) is 5.35. The molecule has 7 heteroatoms. The smallest absolute Gasteiger partial charge is 0.273 e. The van der Waals surface area contributed by atoms with Crippen LogP contribution >= 0.6 is 11.3 Å². The second-order valence-electron chi connectivity index (χ2n) is 5.66. The Bertz CT molecular complexity index is 891. The maximum atomic E-state index is 12.3. The van der Waals surface area contributed by atoms with Crippen molar-refractivity contribution in [1.29, 1.82) is 0 Å². The van der Waals surface area contributed by atoms with E-state index < -0.39 is 0 Å². The molecular weight excluding hydrogens is 336 g/mol. The minimum absolute atomic E-state index is 0.0348. The first-order valence-corrected chi connectivity index (χ1v) is 8.79. The van der Waals surface area contributed by atoms with E-state index in [1.54, 1.807) is 11.9 Å². The summed E-state index contributed by atoms with van der Waals surface area (Å²) in [5.41, 5.74) is 1.05. The summed E-state index contributed by atoms with van der Waals surface area (Å²) in [6, 6.07) is 13.5. The van der Waals surface area contributed by atoms with Gasteiger partial charge in [0.1, 0.15) is 5.69 Å². The van der Waals surface area contributed by atoms with E-state index in [-0.39, 0.29) is 30.0 Å². The van der Waals surface area contributed by atoms with E-state index in [1.807, 2.05) is 47.8 Å². The van der Waals surface area contributed by atoms with Crippen molar-refractivity contribution in [2.45, 2.75) is 19.4 Å². The molecule has 0 saturated heterocycles. The number of rotatable bonds is 6. The molecule has 128 valence electrons. The Labute approximate surface area is 149 Å². The Morgan fingerprint density at radius 1 is 1.16 bits per heavy atom. The van der Waals surface area contributed by atoms with Crippen LogP contribution in [0.5, 0.6) is 0 Å². The van der Waals surface area contributed by atoms with E-state index in [2.05, 4.69) is 15.2 Å². The Balaban J connectivity index is 1.59. The molecule has 1 aromatic carbocycles. The monoisotopic (exact) mass is 354 g/mol. The standard InChI is InChI=1S/C18H18N4O2S/c1-22(12-13-6-3-2-4-7-13)16(23)10-9-14-18(24)19-17(21-20-14)15-8-5-11-25-15/h2-8,11H,9-10,12H2,1H3,(H,19,21,24). The summed E-state index contributed by atoms with van der Waals surface area (Å²) in [6.45, 7) is 0.541. The number of carbonyl (C=O) groups is 1. The van der Waals surface area contributed by atoms with Gasteiger partial charge in [-0.05, 0) is 17.0 Å². The van der Waals surface area contributed by atoms with Gasteiger partial charge in [-0.3, -0.25) is 9.59 Å². The molecule has 1 N–H and O–H groups in total. The Morgan fingerprint density at radius 2 is 1.96 bits per heavy atom. The van der Waals surface area contributed by atoms with Crippen molar-refractivity contribution >= 4 is 17.2 Å². The van der Waals surface area contributed by atoms with Gasteiger partial charge < -0.3 is 9.88 Å². The lowest BCUT2D eigenvalue weighted by Gasteiger charge is -2.17. The molecule has 0 aliphatic carbocycles. The molecule has 3 aromatic rings. The van der Waals surface area contributed by atoms with Crippen molar-refractivity contribution in [3.63, 3.8) is 0 Å². The number of aryl methyl sites for hydroxylation is 1. The van der Waals surface area contributed by atoms with Gasteiger partial charge in [0.25, 0.3) is 5.56 Å². The maximum absolute atomic E-state index is 12.3. The number of H-pyrrole nitrogens is 1. The van der Waals surface area contributed by atoms with Crippen LogP contribution in [0.25, 0.3) is 10.7 Å². The van der Waals surface area contributed by atoms with Crippen LogP contribution in [-0.4, -0.2) is 33.0 Å². The first-order chi connectivity index (χ1) is 12.1. The fraction of sp³-hybridized carbons (Fsp3) is 0.222. The van der Waals surface area contributed by atoms with Crippen LogP contribution in [0.2, 0.25) is 0 Å². The van der Waals surface area contributed by atoms with Crippen molar-refractivity contribution in [3.05, 3.63) is 69.5 Å². The van der Waals surface area contributed by atoms with Crippen LogP contribution in [0, 0.1) is 0 Å². The number of hydrogen-bond acceptors (Lipinski definition) is 5. The van der Waals surface area contributed by atoms with E-state index in [1.165, 1.54) is 11.3 Å². The fourth-order valence-electron chi connectivity index (χ4n) is 2.41. The molecule has 3 rings (SSSR count). The summed E-state index contributed by atoms with van der Waals surface area (Å²) in [5.74, 6) is 0.420. The zero-order valence-electron chi connectivity index (χ0n) is 13.8. The lowest BCUT2D eigenvalue weighted by molar-refractivity contribution is -0.130. The number of aromatic amines is 1. The van der Waals surface area contributed by atoms with Crippen LogP contribution in [0.15, 0.2) is 52.6 Å². The van der Waals surface area contributed by atoms with Gasteiger partial charge in [-0.2, -0.15) is 0 Å². The minimum atomic E-state index is -0.295. The van der Waals surface area contributed by atoms with Crippen LogP contribution in [-0.2, 0) is 17.8 Å². The van der Waals surface area contributed by atoms with Gasteiger partial charge in [0, 0.05) is 26.4 Å². The van der Waals surface area contributed by atoms with Crippen LogP contribution in [0.1, 0.15) is 17.7 Å². The third kappa shape index (κ3) is 4.39. The molecule has 25 heavy (non-hydrogen) atoms. The number of aromatic nitrogens is 3. The Hall–Kier alpha value is -2.80. The zero-order valence-corrected chi connectivity index (χ0v) is 14.6. The molecule has 0 aliphatic rings. The van der Waals surface area contributed by atoms with E-state index in [4.69, 9.17) is 0 Å². The van der Waals surface area contributed by atoms with Crippen molar-refractivity contribution in [1.82, 2.24) is 20.1 Å². The highest BCUT2D eigenvalue weighted by molar-refractivity contribution is 7.13. The lowest BCUT2D eigenvalue weighted by atomic mass is 10.2. The van der Waals surface area contributed by atoms with Crippen molar-refractivity contribution in [3.8, 4) is 10.7 Å². The van der Waals surface area contributed by atoms with E-state index in [0.717, 1.165) is 10.4 Å². The molecule has 0 bridgehead atoms. The number of benzene rings is 1. The molecule has 0 spiro atoms. The largest absolute Gasteiger partial charge is 0.341 e. The summed E-state index contributed by atoms with van der Waals surface area (Å²) >= 11 is 1.48. The predicted octanol–water partition coefficient (Wildman–Crippen LogP) is 2.48. The number of carbonyl (C=O) groups excluding carboxylic acids is 1. The quantitative estimate of drug-likeness (QED) is 0.738. The average Bonchev–Trinajstić information content (AvgIpc) is 3.16. The second-order valence-corrected chi connectivity index (χ2v) is 6.61. The SMILES string of the molecule is CN(Cc1ccccc1)C(=O)CCc1nnc(-c2cccs2)[nH]c1=O.